The molecule has 50 heavy (non-hydrogen) atoms. The molecule has 0 spiro atoms. The highest BCUT2D eigenvalue weighted by Crippen LogP contribution is 2.35. The predicted octanol–water partition coefficient (Wildman–Crippen LogP) is 6.89. The summed E-state index contributed by atoms with van der Waals surface area (Å²) < 4.78 is 22.5. The molecule has 0 aliphatic heterocycles. The molecule has 0 fully saturated rings. The number of ether oxygens (including phenoxy) is 4. The largest absolute Gasteiger partial charge is 0.496 e. The number of hydrogen-bond donors (Lipinski definition) is 3. The van der Waals surface area contributed by atoms with Crippen LogP contribution in [0.25, 0.3) is 0 Å². The summed E-state index contributed by atoms with van der Waals surface area (Å²) in [7, 11) is 10.4. The molecular weight excluding hydrogens is 768 g/mol. The van der Waals surface area contributed by atoms with Gasteiger partial charge in [0.1, 0.15) is 23.0 Å². The Labute approximate surface area is 309 Å². The number of nitrogens with two attached hydrogens (primary N) is 1. The molecule has 2 aliphatic rings. The summed E-state index contributed by atoms with van der Waals surface area (Å²) in [6.07, 6.45) is 3.79. The molecule has 264 valence electrons. The van der Waals surface area contributed by atoms with Gasteiger partial charge in [-0.25, -0.2) is 0 Å². The second kappa shape index (κ2) is 16.3. The highest BCUT2D eigenvalue weighted by atomic mass is 79.9. The fraction of sp³-hybridized carbons (Fsp3) is 0.316. The highest BCUT2D eigenvalue weighted by Gasteiger charge is 2.24. The molecule has 6 rings (SSSR count). The number of amides is 2. The SMILES string of the molecule is COc1cc(OC)c(C(=O)Nc2ccc3c(c2)CC(N(C)C)C3)cc1Br.COc1cc(OC)c(C(=O)Nc2ccc3c(c2)CC(N)C3)cc1Br. The van der Waals surface area contributed by atoms with Gasteiger partial charge in [-0.3, -0.25) is 9.59 Å². The number of fused-ring (bicyclic) bond motifs is 2. The van der Waals surface area contributed by atoms with Crippen LogP contribution in [-0.4, -0.2) is 71.3 Å². The first-order valence-corrected chi connectivity index (χ1v) is 17.6. The van der Waals surface area contributed by atoms with Crippen molar-refractivity contribution in [1.29, 1.82) is 0 Å². The van der Waals surface area contributed by atoms with Crippen molar-refractivity contribution in [3.05, 3.63) is 103 Å². The lowest BCUT2D eigenvalue weighted by molar-refractivity contribution is 0.101. The molecule has 0 heterocycles. The fourth-order valence-electron chi connectivity index (χ4n) is 6.24. The third-order valence-corrected chi connectivity index (χ3v) is 10.2. The monoisotopic (exact) mass is 808 g/mol. The number of likely N-dealkylation sites (N-methyl/N-ethyl adjacent to an activating group) is 1. The van der Waals surface area contributed by atoms with Crippen molar-refractivity contribution in [3.8, 4) is 23.0 Å². The van der Waals surface area contributed by atoms with Crippen LogP contribution in [0.3, 0.4) is 0 Å². The van der Waals surface area contributed by atoms with Crippen molar-refractivity contribution in [3.63, 3.8) is 0 Å². The second-order valence-electron chi connectivity index (χ2n) is 12.4. The third-order valence-electron chi connectivity index (χ3n) is 8.97. The summed E-state index contributed by atoms with van der Waals surface area (Å²) in [6.45, 7) is 0. The van der Waals surface area contributed by atoms with Gasteiger partial charge in [-0.1, -0.05) is 12.1 Å². The summed E-state index contributed by atoms with van der Waals surface area (Å²) in [5.41, 5.74) is 13.5. The van der Waals surface area contributed by atoms with E-state index in [0.717, 1.165) is 37.1 Å². The van der Waals surface area contributed by atoms with Crippen molar-refractivity contribution in [1.82, 2.24) is 4.90 Å². The van der Waals surface area contributed by atoms with Gasteiger partial charge in [0.05, 0.1) is 48.5 Å². The quantitative estimate of drug-likeness (QED) is 0.167. The molecule has 0 saturated heterocycles. The summed E-state index contributed by atoms with van der Waals surface area (Å²) in [5.74, 6) is 1.69. The lowest BCUT2D eigenvalue weighted by atomic mass is 10.1. The van der Waals surface area contributed by atoms with Crippen LogP contribution in [0.15, 0.2) is 69.6 Å². The van der Waals surface area contributed by atoms with Crippen molar-refractivity contribution in [2.75, 3.05) is 53.2 Å². The van der Waals surface area contributed by atoms with Gasteiger partial charge >= 0.3 is 0 Å². The first-order valence-electron chi connectivity index (χ1n) is 16.1. The average molecular weight is 811 g/mol. The minimum absolute atomic E-state index is 0.170. The van der Waals surface area contributed by atoms with E-state index in [-0.39, 0.29) is 17.9 Å². The van der Waals surface area contributed by atoms with Gasteiger partial charge in [0.15, 0.2) is 0 Å². The van der Waals surface area contributed by atoms with E-state index in [9.17, 15) is 9.59 Å². The van der Waals surface area contributed by atoms with Gasteiger partial charge in [0, 0.05) is 35.6 Å². The average Bonchev–Trinajstić information content (AvgIpc) is 3.70. The van der Waals surface area contributed by atoms with Crippen molar-refractivity contribution in [2.24, 2.45) is 5.73 Å². The Morgan fingerprint density at radius 2 is 1.02 bits per heavy atom. The Morgan fingerprint density at radius 1 is 0.620 bits per heavy atom. The fourth-order valence-corrected chi connectivity index (χ4v) is 7.25. The molecule has 0 aromatic heterocycles. The number of halogens is 2. The van der Waals surface area contributed by atoms with Gasteiger partial charge in [-0.2, -0.15) is 0 Å². The molecule has 4 N–H and O–H groups in total. The summed E-state index contributed by atoms with van der Waals surface area (Å²) in [6, 6.07) is 19.5. The van der Waals surface area contributed by atoms with Crippen molar-refractivity contribution >= 4 is 55.0 Å². The molecule has 2 unspecified atom stereocenters. The van der Waals surface area contributed by atoms with Gasteiger partial charge < -0.3 is 40.2 Å². The maximum Gasteiger partial charge on any atom is 0.259 e. The summed E-state index contributed by atoms with van der Waals surface area (Å²) in [4.78, 5) is 27.6. The van der Waals surface area contributed by atoms with Crippen molar-refractivity contribution in [2.45, 2.75) is 37.8 Å². The van der Waals surface area contributed by atoms with Crippen LogP contribution in [0.5, 0.6) is 23.0 Å². The summed E-state index contributed by atoms with van der Waals surface area (Å²) in [5, 5.41) is 5.90. The smallest absolute Gasteiger partial charge is 0.259 e. The Hall–Kier alpha value is -4.10. The zero-order chi connectivity index (χ0) is 36.1. The van der Waals surface area contributed by atoms with Gasteiger partial charge in [0.2, 0.25) is 0 Å². The number of anilines is 2. The minimum atomic E-state index is -0.238. The van der Waals surface area contributed by atoms with Gasteiger partial charge in [-0.05, 0) is 130 Å². The standard InChI is InChI=1S/C20H23BrN2O3.C18H19BrN2O3/c1-23(2)15-8-12-5-6-14(7-13(12)9-15)22-20(24)16-10-17(21)19(26-4)11-18(16)25-3;1-23-16-9-17(24-2)15(19)8-14(16)18(22)21-13-4-3-10-5-12(20)6-11(10)7-13/h5-7,10-11,15H,8-9H2,1-4H3,(H,22,24);3-4,7-9,12H,5-6,20H2,1-2H3,(H,21,22). The van der Waals surface area contributed by atoms with Crippen LogP contribution in [-0.2, 0) is 25.7 Å². The molecule has 2 atom stereocenters. The molecule has 4 aromatic carbocycles. The third kappa shape index (κ3) is 8.43. The Balaban J connectivity index is 0.000000195. The van der Waals surface area contributed by atoms with Crippen LogP contribution in [0.4, 0.5) is 11.4 Å². The van der Waals surface area contributed by atoms with E-state index in [1.54, 1.807) is 38.5 Å². The molecule has 2 aliphatic carbocycles. The van der Waals surface area contributed by atoms with Crippen molar-refractivity contribution < 1.29 is 28.5 Å². The lowest BCUT2D eigenvalue weighted by Crippen LogP contribution is -2.27. The van der Waals surface area contributed by atoms with Gasteiger partial charge in [0.25, 0.3) is 11.8 Å². The topological polar surface area (TPSA) is 124 Å². The zero-order valence-electron chi connectivity index (χ0n) is 29.0. The molecule has 0 saturated carbocycles. The first kappa shape index (κ1) is 37.2. The maximum atomic E-state index is 12.8. The van der Waals surface area contributed by atoms with E-state index in [1.807, 2.05) is 24.3 Å². The van der Waals surface area contributed by atoms with Crippen LogP contribution >= 0.6 is 31.9 Å². The predicted molar refractivity (Wildman–Crippen MR) is 204 cm³/mol. The lowest BCUT2D eigenvalue weighted by Gasteiger charge is -2.17. The number of carbonyl (C=O) groups is 2. The van der Waals surface area contributed by atoms with E-state index < -0.39 is 0 Å². The number of methoxy groups -OCH3 is 4. The molecule has 10 nitrogen and oxygen atoms in total. The molecule has 0 bridgehead atoms. The number of hydrogen-bond acceptors (Lipinski definition) is 8. The number of carbonyl (C=O) groups excluding carboxylic acids is 2. The Bertz CT molecular complexity index is 1900. The molecule has 12 heteroatoms. The van der Waals surface area contributed by atoms with Crippen LogP contribution < -0.4 is 35.3 Å². The number of nitrogens with one attached hydrogen (secondary N) is 2. The number of rotatable bonds is 9. The molecule has 0 radical (unpaired) electrons. The van der Waals surface area contributed by atoms with E-state index >= 15 is 0 Å². The zero-order valence-corrected chi connectivity index (χ0v) is 32.2. The second-order valence-corrected chi connectivity index (χ2v) is 14.2. The van der Waals surface area contributed by atoms with Crippen LogP contribution in [0.1, 0.15) is 43.0 Å². The Morgan fingerprint density at radius 3 is 1.46 bits per heavy atom. The minimum Gasteiger partial charge on any atom is -0.496 e. The molecular formula is C38H42Br2N4O6. The van der Waals surface area contributed by atoms with E-state index in [0.29, 0.717) is 49.1 Å². The molecule has 4 aromatic rings. The van der Waals surface area contributed by atoms with Gasteiger partial charge in [-0.15, -0.1) is 0 Å². The normalized spacial score (nSPS) is 15.7. The number of nitrogens with zero attached hydrogens (tertiary/aromatic N) is 1. The highest BCUT2D eigenvalue weighted by molar-refractivity contribution is 9.11. The maximum absolute atomic E-state index is 12.8. The van der Waals surface area contributed by atoms with E-state index in [2.05, 4.69) is 73.6 Å². The Kier molecular flexibility index (Phi) is 12.1. The van der Waals surface area contributed by atoms with E-state index in [4.69, 9.17) is 24.7 Å². The molecule has 2 amide bonds. The first-order chi connectivity index (χ1) is 23.9. The van der Waals surface area contributed by atoms with Crippen LogP contribution in [0.2, 0.25) is 0 Å². The number of benzene rings is 4. The van der Waals surface area contributed by atoms with Crippen LogP contribution in [0, 0.1) is 0 Å². The van der Waals surface area contributed by atoms with E-state index in [1.165, 1.54) is 36.5 Å². The summed E-state index contributed by atoms with van der Waals surface area (Å²) >= 11 is 6.82.